The standard InChI is InChI=1S/C33H26ClFN8/c34-28-14-24(39-32(20-6-8-23(35)9-7-20)29-18-43(42-41-29)25-10-11-25)13-27-31(22(16-37)17-38-33(27)28)40-30(26-12-21(26)15-36)19-4-2-1-3-5-19/h1-9,13-14,17-18,21,25-26,30,32,39H,10-12H2,(H,38,40)/t21-,26?,30?,32-/m1/s1/i32D. The molecule has 7 rings (SSSR count). The molecule has 2 aliphatic rings. The number of benzene rings is 3. The van der Waals surface area contributed by atoms with Gasteiger partial charge in [0.05, 0.1) is 59.4 Å². The van der Waals surface area contributed by atoms with Crippen molar-refractivity contribution in [2.45, 2.75) is 37.4 Å². The maximum absolute atomic E-state index is 13.9. The van der Waals surface area contributed by atoms with Gasteiger partial charge in [-0.25, -0.2) is 9.07 Å². The Kier molecular flexibility index (Phi) is 6.58. The number of nitrogens with zero attached hydrogens (tertiary/aromatic N) is 6. The molecule has 0 radical (unpaired) electrons. The molecular formula is C33H26ClFN8. The maximum Gasteiger partial charge on any atom is 0.123 e. The number of hydrogen-bond acceptors (Lipinski definition) is 7. The summed E-state index contributed by atoms with van der Waals surface area (Å²) >= 11 is 6.80. The van der Waals surface area contributed by atoms with Crippen molar-refractivity contribution < 1.29 is 5.76 Å². The molecule has 0 spiro atoms. The summed E-state index contributed by atoms with van der Waals surface area (Å²) in [6.07, 6.45) is 5.99. The number of rotatable bonds is 9. The molecule has 5 aromatic rings. The van der Waals surface area contributed by atoms with Crippen LogP contribution in [0.3, 0.4) is 0 Å². The molecule has 2 aromatic heterocycles. The third-order valence-electron chi connectivity index (χ3n) is 8.03. The van der Waals surface area contributed by atoms with Crippen LogP contribution >= 0.6 is 11.6 Å². The Morgan fingerprint density at radius 1 is 1.05 bits per heavy atom. The molecular weight excluding hydrogens is 563 g/mol. The number of anilines is 2. The minimum absolute atomic E-state index is 0.0717. The fraction of sp³-hybridized carbons (Fsp3) is 0.242. The number of aromatic nitrogens is 4. The van der Waals surface area contributed by atoms with E-state index in [1.54, 1.807) is 35.1 Å². The van der Waals surface area contributed by atoms with Gasteiger partial charge in [0.2, 0.25) is 0 Å². The monoisotopic (exact) mass is 589 g/mol. The molecule has 43 heavy (non-hydrogen) atoms. The van der Waals surface area contributed by atoms with Crippen molar-refractivity contribution in [3.05, 3.63) is 112 Å². The predicted octanol–water partition coefficient (Wildman–Crippen LogP) is 7.34. The van der Waals surface area contributed by atoms with Gasteiger partial charge in [0.15, 0.2) is 0 Å². The number of nitrogens with one attached hydrogen (secondary N) is 2. The van der Waals surface area contributed by atoms with Crippen LogP contribution in [0.15, 0.2) is 79.1 Å². The SMILES string of the molecule is [2H][C@@](Nc1cc(Cl)c2ncc(C#N)c(NC(c3ccccc3)C3C[C@@H]3C#N)c2c1)(c1ccc(F)cc1)c1cn(C2CC2)nn1. The van der Waals surface area contributed by atoms with E-state index in [0.717, 1.165) is 24.8 Å². The second-order valence-electron chi connectivity index (χ2n) is 11.0. The van der Waals surface area contributed by atoms with Gasteiger partial charge in [0, 0.05) is 23.2 Å². The van der Waals surface area contributed by atoms with Gasteiger partial charge in [-0.15, -0.1) is 5.10 Å². The summed E-state index contributed by atoms with van der Waals surface area (Å²) in [5, 5.41) is 36.1. The second-order valence-corrected chi connectivity index (χ2v) is 11.4. The van der Waals surface area contributed by atoms with Gasteiger partial charge in [-0.3, -0.25) is 4.98 Å². The van der Waals surface area contributed by atoms with Crippen molar-refractivity contribution in [1.82, 2.24) is 20.0 Å². The highest BCUT2D eigenvalue weighted by Gasteiger charge is 2.44. The average Bonchev–Trinajstić information content (AvgIpc) is 3.98. The summed E-state index contributed by atoms with van der Waals surface area (Å²) in [5.74, 6) is -0.433. The van der Waals surface area contributed by atoms with Gasteiger partial charge in [-0.05, 0) is 54.7 Å². The lowest BCUT2D eigenvalue weighted by molar-refractivity contribution is 0.610. The van der Waals surface area contributed by atoms with Gasteiger partial charge in [-0.1, -0.05) is 59.3 Å². The van der Waals surface area contributed by atoms with Crippen molar-refractivity contribution >= 4 is 33.9 Å². The molecule has 2 aliphatic carbocycles. The molecule has 4 atom stereocenters. The molecule has 0 aliphatic heterocycles. The van der Waals surface area contributed by atoms with E-state index < -0.39 is 11.8 Å². The summed E-state index contributed by atoms with van der Waals surface area (Å²) < 4.78 is 25.3. The van der Waals surface area contributed by atoms with Crippen LogP contribution in [0.4, 0.5) is 15.8 Å². The fourth-order valence-corrected chi connectivity index (χ4v) is 5.78. The van der Waals surface area contributed by atoms with Gasteiger partial charge < -0.3 is 10.6 Å². The topological polar surface area (TPSA) is 115 Å². The van der Waals surface area contributed by atoms with E-state index in [4.69, 9.17) is 11.6 Å². The third-order valence-corrected chi connectivity index (χ3v) is 8.32. The second kappa shape index (κ2) is 11.0. The summed E-state index contributed by atoms with van der Waals surface area (Å²) in [5.41, 5.74) is 3.62. The zero-order chi connectivity index (χ0) is 30.4. The van der Waals surface area contributed by atoms with E-state index in [1.165, 1.54) is 18.3 Å². The minimum atomic E-state index is -1.65. The van der Waals surface area contributed by atoms with Crippen molar-refractivity contribution in [2.24, 2.45) is 11.8 Å². The van der Waals surface area contributed by atoms with Crippen LogP contribution in [0.5, 0.6) is 0 Å². The zero-order valence-corrected chi connectivity index (χ0v) is 23.6. The van der Waals surface area contributed by atoms with Gasteiger partial charge in [0.1, 0.15) is 17.6 Å². The van der Waals surface area contributed by atoms with E-state index in [1.807, 2.05) is 30.3 Å². The maximum atomic E-state index is 13.9. The largest absolute Gasteiger partial charge is 0.376 e. The molecule has 212 valence electrons. The quantitative estimate of drug-likeness (QED) is 0.185. The first-order chi connectivity index (χ1) is 21.4. The molecule has 0 saturated heterocycles. The van der Waals surface area contributed by atoms with Crippen molar-refractivity contribution in [1.29, 1.82) is 10.5 Å². The lowest BCUT2D eigenvalue weighted by atomic mass is 9.99. The highest BCUT2D eigenvalue weighted by molar-refractivity contribution is 6.35. The lowest BCUT2D eigenvalue weighted by Crippen LogP contribution is -2.16. The molecule has 2 unspecified atom stereocenters. The number of fused-ring (bicyclic) bond motifs is 1. The third kappa shape index (κ3) is 5.36. The first-order valence-corrected chi connectivity index (χ1v) is 14.5. The molecule has 2 heterocycles. The molecule has 10 heteroatoms. The summed E-state index contributed by atoms with van der Waals surface area (Å²) in [6, 6.07) is 22.0. The smallest absolute Gasteiger partial charge is 0.123 e. The van der Waals surface area contributed by atoms with E-state index in [0.29, 0.717) is 44.1 Å². The lowest BCUT2D eigenvalue weighted by Gasteiger charge is -2.23. The van der Waals surface area contributed by atoms with Crippen LogP contribution in [-0.2, 0) is 0 Å². The number of halogens is 2. The van der Waals surface area contributed by atoms with E-state index in [-0.39, 0.29) is 23.9 Å². The summed E-state index contributed by atoms with van der Waals surface area (Å²) in [6.45, 7) is 0. The predicted molar refractivity (Wildman–Crippen MR) is 162 cm³/mol. The average molecular weight is 590 g/mol. The number of nitriles is 2. The van der Waals surface area contributed by atoms with Crippen LogP contribution in [0.1, 0.15) is 61.1 Å². The first kappa shape index (κ1) is 25.7. The van der Waals surface area contributed by atoms with Crippen molar-refractivity contribution in [3.63, 3.8) is 0 Å². The first-order valence-electron chi connectivity index (χ1n) is 14.6. The zero-order valence-electron chi connectivity index (χ0n) is 23.9. The Balaban J connectivity index is 1.33. The summed E-state index contributed by atoms with van der Waals surface area (Å²) in [7, 11) is 0. The Bertz CT molecular complexity index is 1950. The molecule has 3 aromatic carbocycles. The van der Waals surface area contributed by atoms with Crippen LogP contribution in [0, 0.1) is 40.3 Å². The van der Waals surface area contributed by atoms with Gasteiger partial charge in [0.25, 0.3) is 0 Å². The molecule has 2 saturated carbocycles. The van der Waals surface area contributed by atoms with Crippen LogP contribution in [0.25, 0.3) is 10.9 Å². The van der Waals surface area contributed by atoms with Crippen LogP contribution < -0.4 is 10.6 Å². The number of hydrogen-bond donors (Lipinski definition) is 2. The molecule has 8 nitrogen and oxygen atoms in total. The Morgan fingerprint density at radius 2 is 1.84 bits per heavy atom. The molecule has 0 amide bonds. The molecule has 2 N–H and O–H groups in total. The number of pyridine rings is 1. The normalized spacial score (nSPS) is 19.9. The Labute approximate surface area is 254 Å². The van der Waals surface area contributed by atoms with Crippen molar-refractivity contribution in [3.8, 4) is 12.1 Å². The fourth-order valence-electron chi connectivity index (χ4n) is 5.51. The highest BCUT2D eigenvalue weighted by atomic mass is 35.5. The van der Waals surface area contributed by atoms with E-state index in [2.05, 4.69) is 38.1 Å². The van der Waals surface area contributed by atoms with E-state index in [9.17, 15) is 16.3 Å². The highest BCUT2D eigenvalue weighted by Crippen LogP contribution is 2.49. The Hall–Kier alpha value is -4.99. The summed E-state index contributed by atoms with van der Waals surface area (Å²) in [4.78, 5) is 4.49. The molecule has 2 fully saturated rings. The molecule has 0 bridgehead atoms. The van der Waals surface area contributed by atoms with Crippen molar-refractivity contribution in [2.75, 3.05) is 10.6 Å². The van der Waals surface area contributed by atoms with E-state index >= 15 is 0 Å². The van der Waals surface area contributed by atoms with Gasteiger partial charge >= 0.3 is 0 Å². The Morgan fingerprint density at radius 3 is 2.53 bits per heavy atom. The van der Waals surface area contributed by atoms with Crippen LogP contribution in [0.2, 0.25) is 5.02 Å². The van der Waals surface area contributed by atoms with Crippen LogP contribution in [-0.4, -0.2) is 20.0 Å². The van der Waals surface area contributed by atoms with Gasteiger partial charge in [-0.2, -0.15) is 10.5 Å². The minimum Gasteiger partial charge on any atom is -0.376 e.